The fourth-order valence-electron chi connectivity index (χ4n) is 2.93. The van der Waals surface area contributed by atoms with Crippen molar-refractivity contribution in [3.8, 4) is 10.6 Å². The molecule has 1 aliphatic heterocycles. The quantitative estimate of drug-likeness (QED) is 0.921. The Morgan fingerprint density at radius 2 is 2.10 bits per heavy atom. The molecule has 1 atom stereocenters. The van der Waals surface area contributed by atoms with Crippen LogP contribution in [0.1, 0.15) is 26.2 Å². The van der Waals surface area contributed by atoms with Gasteiger partial charge in [0.2, 0.25) is 0 Å². The highest BCUT2D eigenvalue weighted by atomic mass is 32.1. The first-order valence-corrected chi connectivity index (χ1v) is 8.72. The Morgan fingerprint density at radius 3 is 2.81 bits per heavy atom. The van der Waals surface area contributed by atoms with Crippen LogP contribution in [0, 0.1) is 0 Å². The van der Waals surface area contributed by atoms with Crippen LogP contribution in [0.15, 0.2) is 35.8 Å². The van der Waals surface area contributed by atoms with Gasteiger partial charge in [-0.3, -0.25) is 0 Å². The molecule has 0 aliphatic carbocycles. The molecule has 2 heterocycles. The fourth-order valence-corrected chi connectivity index (χ4v) is 3.57. The number of thiazole rings is 1. The standard InChI is InChI=1S/C17H23N3S/c1-2-20-11-3-4-15(9-12-20)19-16-7-5-14(6-8-16)17-18-10-13-21-17/h5-8,10,13,15,19H,2-4,9,11-12H2,1H3. The third kappa shape index (κ3) is 3.83. The molecule has 1 unspecified atom stereocenters. The summed E-state index contributed by atoms with van der Waals surface area (Å²) in [4.78, 5) is 6.90. The van der Waals surface area contributed by atoms with Crippen molar-refractivity contribution >= 4 is 17.0 Å². The molecule has 0 spiro atoms. The maximum Gasteiger partial charge on any atom is 0.123 e. The highest BCUT2D eigenvalue weighted by molar-refractivity contribution is 7.13. The zero-order chi connectivity index (χ0) is 14.5. The van der Waals surface area contributed by atoms with E-state index < -0.39 is 0 Å². The number of benzene rings is 1. The van der Waals surface area contributed by atoms with Crippen LogP contribution in [-0.4, -0.2) is 35.6 Å². The minimum absolute atomic E-state index is 0.604. The summed E-state index contributed by atoms with van der Waals surface area (Å²) in [5.74, 6) is 0. The molecule has 1 aliphatic rings. The number of anilines is 1. The number of likely N-dealkylation sites (tertiary alicyclic amines) is 1. The largest absolute Gasteiger partial charge is 0.382 e. The first-order chi connectivity index (χ1) is 10.3. The third-order valence-electron chi connectivity index (χ3n) is 4.20. The van der Waals surface area contributed by atoms with Gasteiger partial charge in [-0.15, -0.1) is 11.3 Å². The molecule has 4 heteroatoms. The van der Waals surface area contributed by atoms with Crippen LogP contribution in [0.5, 0.6) is 0 Å². The van der Waals surface area contributed by atoms with E-state index in [1.54, 1.807) is 11.3 Å². The van der Waals surface area contributed by atoms with E-state index in [0.717, 1.165) is 5.01 Å². The van der Waals surface area contributed by atoms with E-state index in [1.165, 1.54) is 50.1 Å². The molecule has 0 radical (unpaired) electrons. The minimum atomic E-state index is 0.604. The molecular weight excluding hydrogens is 278 g/mol. The molecule has 2 aromatic rings. The summed E-state index contributed by atoms with van der Waals surface area (Å²) in [6.45, 7) is 5.89. The van der Waals surface area contributed by atoms with Gasteiger partial charge in [0.1, 0.15) is 5.01 Å². The van der Waals surface area contributed by atoms with Crippen LogP contribution in [0.2, 0.25) is 0 Å². The van der Waals surface area contributed by atoms with Gasteiger partial charge in [-0.1, -0.05) is 6.92 Å². The summed E-state index contributed by atoms with van der Waals surface area (Å²) < 4.78 is 0. The highest BCUT2D eigenvalue weighted by Crippen LogP contribution is 2.24. The molecule has 21 heavy (non-hydrogen) atoms. The van der Waals surface area contributed by atoms with Gasteiger partial charge in [0.05, 0.1) is 0 Å². The molecule has 1 aromatic carbocycles. The zero-order valence-electron chi connectivity index (χ0n) is 12.6. The summed E-state index contributed by atoms with van der Waals surface area (Å²) >= 11 is 1.69. The topological polar surface area (TPSA) is 28.2 Å². The number of nitrogens with one attached hydrogen (secondary N) is 1. The molecule has 3 rings (SSSR count). The van der Waals surface area contributed by atoms with Crippen LogP contribution in [0.25, 0.3) is 10.6 Å². The Bertz CT molecular complexity index is 536. The van der Waals surface area contributed by atoms with Crippen LogP contribution in [-0.2, 0) is 0 Å². The van der Waals surface area contributed by atoms with Gasteiger partial charge in [-0.05, 0) is 56.6 Å². The second-order valence-corrected chi connectivity index (χ2v) is 6.52. The predicted octanol–water partition coefficient (Wildman–Crippen LogP) is 4.10. The normalized spacial score (nSPS) is 20.1. The number of rotatable bonds is 4. The van der Waals surface area contributed by atoms with Crippen LogP contribution in [0.4, 0.5) is 5.69 Å². The third-order valence-corrected chi connectivity index (χ3v) is 5.03. The number of aromatic nitrogens is 1. The lowest BCUT2D eigenvalue weighted by atomic mass is 10.1. The van der Waals surface area contributed by atoms with E-state index >= 15 is 0 Å². The molecule has 1 saturated heterocycles. The van der Waals surface area contributed by atoms with Gasteiger partial charge >= 0.3 is 0 Å². The Hall–Kier alpha value is -1.39. The number of hydrogen-bond acceptors (Lipinski definition) is 4. The summed E-state index contributed by atoms with van der Waals surface area (Å²) in [5.41, 5.74) is 2.43. The van der Waals surface area contributed by atoms with Gasteiger partial charge in [-0.25, -0.2) is 4.98 Å². The van der Waals surface area contributed by atoms with Crippen molar-refractivity contribution in [3.63, 3.8) is 0 Å². The van der Waals surface area contributed by atoms with Crippen LogP contribution < -0.4 is 5.32 Å². The van der Waals surface area contributed by atoms with Gasteiger partial charge in [0.25, 0.3) is 0 Å². The van der Waals surface area contributed by atoms with Gasteiger partial charge in [0, 0.05) is 35.4 Å². The molecule has 1 aromatic heterocycles. The van der Waals surface area contributed by atoms with Gasteiger partial charge in [-0.2, -0.15) is 0 Å². The maximum absolute atomic E-state index is 4.35. The fraction of sp³-hybridized carbons (Fsp3) is 0.471. The first-order valence-electron chi connectivity index (χ1n) is 7.84. The second-order valence-electron chi connectivity index (χ2n) is 5.62. The molecule has 0 saturated carbocycles. The molecule has 1 fully saturated rings. The molecule has 0 bridgehead atoms. The molecule has 112 valence electrons. The van der Waals surface area contributed by atoms with E-state index in [9.17, 15) is 0 Å². The van der Waals surface area contributed by atoms with Crippen molar-refractivity contribution in [3.05, 3.63) is 35.8 Å². The molecular formula is C17H23N3S. The number of nitrogens with zero attached hydrogens (tertiary/aromatic N) is 2. The highest BCUT2D eigenvalue weighted by Gasteiger charge is 2.15. The molecule has 3 nitrogen and oxygen atoms in total. The number of hydrogen-bond donors (Lipinski definition) is 1. The molecule has 0 amide bonds. The monoisotopic (exact) mass is 301 g/mol. The van der Waals surface area contributed by atoms with Crippen LogP contribution >= 0.6 is 11.3 Å². The average molecular weight is 301 g/mol. The van der Waals surface area contributed by atoms with Crippen molar-refractivity contribution in [2.24, 2.45) is 0 Å². The Balaban J connectivity index is 1.60. The summed E-state index contributed by atoms with van der Waals surface area (Å²) in [5, 5.41) is 6.81. The lowest BCUT2D eigenvalue weighted by Gasteiger charge is -2.19. The zero-order valence-corrected chi connectivity index (χ0v) is 13.4. The predicted molar refractivity (Wildman–Crippen MR) is 90.9 cm³/mol. The van der Waals surface area contributed by atoms with Crippen molar-refractivity contribution in [2.45, 2.75) is 32.2 Å². The Morgan fingerprint density at radius 1 is 1.24 bits per heavy atom. The van der Waals surface area contributed by atoms with Crippen molar-refractivity contribution in [1.29, 1.82) is 0 Å². The second kappa shape index (κ2) is 7.05. The Kier molecular flexibility index (Phi) is 4.88. The van der Waals surface area contributed by atoms with E-state index in [1.807, 2.05) is 11.6 Å². The van der Waals surface area contributed by atoms with Crippen molar-refractivity contribution in [2.75, 3.05) is 25.0 Å². The van der Waals surface area contributed by atoms with Crippen LogP contribution in [0.3, 0.4) is 0 Å². The average Bonchev–Trinajstić information content (AvgIpc) is 2.96. The van der Waals surface area contributed by atoms with E-state index in [0.29, 0.717) is 6.04 Å². The minimum Gasteiger partial charge on any atom is -0.382 e. The smallest absolute Gasteiger partial charge is 0.123 e. The van der Waals surface area contributed by atoms with Gasteiger partial charge < -0.3 is 10.2 Å². The molecule has 1 N–H and O–H groups in total. The lowest BCUT2D eigenvalue weighted by Crippen LogP contribution is -2.26. The SMILES string of the molecule is CCN1CCCC(Nc2ccc(-c3nccs3)cc2)CC1. The summed E-state index contributed by atoms with van der Waals surface area (Å²) in [6, 6.07) is 9.29. The summed E-state index contributed by atoms with van der Waals surface area (Å²) in [6.07, 6.45) is 5.66. The van der Waals surface area contributed by atoms with E-state index in [4.69, 9.17) is 0 Å². The first kappa shape index (κ1) is 14.5. The van der Waals surface area contributed by atoms with E-state index in [-0.39, 0.29) is 0 Å². The Labute approximate surface area is 131 Å². The van der Waals surface area contributed by atoms with Gasteiger partial charge in [0.15, 0.2) is 0 Å². The maximum atomic E-state index is 4.35. The lowest BCUT2D eigenvalue weighted by molar-refractivity contribution is 0.300. The van der Waals surface area contributed by atoms with Crippen molar-refractivity contribution < 1.29 is 0 Å². The van der Waals surface area contributed by atoms with E-state index in [2.05, 4.69) is 46.4 Å². The summed E-state index contributed by atoms with van der Waals surface area (Å²) in [7, 11) is 0. The van der Waals surface area contributed by atoms with Crippen molar-refractivity contribution in [1.82, 2.24) is 9.88 Å².